The summed E-state index contributed by atoms with van der Waals surface area (Å²) in [7, 11) is -2.22. The highest BCUT2D eigenvalue weighted by atomic mass is 32.2. The quantitative estimate of drug-likeness (QED) is 0.467. The van der Waals surface area contributed by atoms with Gasteiger partial charge in [-0.25, -0.2) is 8.42 Å². The highest BCUT2D eigenvalue weighted by Crippen LogP contribution is 2.39. The number of rotatable bonds is 6. The first kappa shape index (κ1) is 20.3. The molecule has 0 bridgehead atoms. The lowest BCUT2D eigenvalue weighted by molar-refractivity contribution is 0.0999. The van der Waals surface area contributed by atoms with Gasteiger partial charge in [-0.2, -0.15) is 5.10 Å². The van der Waals surface area contributed by atoms with Crippen LogP contribution in [0.15, 0.2) is 65.6 Å². The number of benzene rings is 3. The standard InChI is InChI=1S/C24H22N4O3S/c1-15-6-3-4-7-16(15)10-11-17-14-22(26-25-17)27-32(30,31)21-13-12-20-23-18(21)8-5-9-19(23)24(29)28(20)2/h3-9,12-14H,10-11H2,1-2H3,(H2,25,26,27). The summed E-state index contributed by atoms with van der Waals surface area (Å²) >= 11 is 0. The van der Waals surface area contributed by atoms with Crippen LogP contribution >= 0.6 is 0 Å². The van der Waals surface area contributed by atoms with Crippen LogP contribution in [0, 0.1) is 6.92 Å². The van der Waals surface area contributed by atoms with Crippen LogP contribution in [-0.2, 0) is 22.9 Å². The van der Waals surface area contributed by atoms with E-state index in [0.717, 1.165) is 18.5 Å². The van der Waals surface area contributed by atoms with Crippen LogP contribution in [0.3, 0.4) is 0 Å². The van der Waals surface area contributed by atoms with Crippen LogP contribution in [0.2, 0.25) is 0 Å². The van der Waals surface area contributed by atoms with E-state index < -0.39 is 10.0 Å². The summed E-state index contributed by atoms with van der Waals surface area (Å²) in [5, 5.41) is 8.22. The second-order valence-corrected chi connectivity index (χ2v) is 9.64. The molecule has 0 saturated carbocycles. The average molecular weight is 447 g/mol. The Morgan fingerprint density at radius 2 is 1.84 bits per heavy atom. The van der Waals surface area contributed by atoms with Gasteiger partial charge in [0.05, 0.1) is 10.6 Å². The van der Waals surface area contributed by atoms with Gasteiger partial charge in [0.2, 0.25) is 0 Å². The molecule has 3 aromatic carbocycles. The first-order valence-electron chi connectivity index (χ1n) is 10.3. The summed E-state index contributed by atoms with van der Waals surface area (Å²) in [5.74, 6) is 0.0972. The number of H-pyrrole nitrogens is 1. The summed E-state index contributed by atoms with van der Waals surface area (Å²) in [6.45, 7) is 2.07. The molecule has 0 radical (unpaired) electrons. The molecule has 0 atom stereocenters. The van der Waals surface area contributed by atoms with E-state index in [2.05, 4.69) is 34.0 Å². The van der Waals surface area contributed by atoms with Crippen molar-refractivity contribution in [3.63, 3.8) is 0 Å². The van der Waals surface area contributed by atoms with Crippen LogP contribution in [0.1, 0.15) is 27.2 Å². The van der Waals surface area contributed by atoms with Crippen molar-refractivity contribution < 1.29 is 13.2 Å². The lowest BCUT2D eigenvalue weighted by Crippen LogP contribution is -2.20. The smallest absolute Gasteiger partial charge is 0.263 e. The van der Waals surface area contributed by atoms with Crippen molar-refractivity contribution in [2.75, 3.05) is 16.7 Å². The summed E-state index contributed by atoms with van der Waals surface area (Å²) in [6.07, 6.45) is 1.55. The Morgan fingerprint density at radius 1 is 1.03 bits per heavy atom. The second-order valence-electron chi connectivity index (χ2n) is 7.99. The molecule has 1 aliphatic heterocycles. The highest BCUT2D eigenvalue weighted by molar-refractivity contribution is 7.93. The summed E-state index contributed by atoms with van der Waals surface area (Å²) in [5.41, 5.74) is 4.53. The minimum atomic E-state index is -3.90. The van der Waals surface area contributed by atoms with E-state index in [1.165, 1.54) is 22.1 Å². The minimum absolute atomic E-state index is 0.116. The number of anilines is 2. The first-order valence-corrected chi connectivity index (χ1v) is 11.8. The predicted molar refractivity (Wildman–Crippen MR) is 125 cm³/mol. The topological polar surface area (TPSA) is 95.2 Å². The molecule has 2 heterocycles. The molecule has 1 aromatic heterocycles. The number of aryl methyl sites for hydroxylation is 3. The largest absolute Gasteiger partial charge is 0.311 e. The second kappa shape index (κ2) is 7.49. The molecule has 0 aliphatic carbocycles. The van der Waals surface area contributed by atoms with Gasteiger partial charge in [-0.05, 0) is 49.1 Å². The van der Waals surface area contributed by atoms with Crippen molar-refractivity contribution in [1.29, 1.82) is 0 Å². The molecule has 1 amide bonds. The Labute approximate surface area is 186 Å². The van der Waals surface area contributed by atoms with Crippen molar-refractivity contribution in [3.05, 3.63) is 83.0 Å². The third-order valence-electron chi connectivity index (χ3n) is 5.96. The number of carbonyl (C=O) groups is 1. The molecule has 32 heavy (non-hydrogen) atoms. The van der Waals surface area contributed by atoms with Crippen molar-refractivity contribution in [2.45, 2.75) is 24.7 Å². The lowest BCUT2D eigenvalue weighted by atomic mass is 10.0. The van der Waals surface area contributed by atoms with E-state index in [1.54, 1.807) is 37.4 Å². The molecule has 2 N–H and O–H groups in total. The summed E-state index contributed by atoms with van der Waals surface area (Å²) in [4.78, 5) is 14.1. The van der Waals surface area contributed by atoms with Gasteiger partial charge in [0.15, 0.2) is 5.82 Å². The van der Waals surface area contributed by atoms with Crippen LogP contribution in [0.5, 0.6) is 0 Å². The Hall–Kier alpha value is -3.65. The van der Waals surface area contributed by atoms with Gasteiger partial charge in [0.25, 0.3) is 15.9 Å². The predicted octanol–water partition coefficient (Wildman–Crippen LogP) is 4.05. The first-order chi connectivity index (χ1) is 15.3. The molecule has 162 valence electrons. The number of sulfonamides is 1. The van der Waals surface area contributed by atoms with E-state index in [-0.39, 0.29) is 16.6 Å². The van der Waals surface area contributed by atoms with Gasteiger partial charge in [0.1, 0.15) is 0 Å². The number of nitrogens with zero attached hydrogens (tertiary/aromatic N) is 2. The van der Waals surface area contributed by atoms with Crippen LogP contribution in [0.25, 0.3) is 10.8 Å². The van der Waals surface area contributed by atoms with Crippen LogP contribution in [0.4, 0.5) is 11.5 Å². The SMILES string of the molecule is Cc1ccccc1CCc1cc(NS(=O)(=O)c2ccc3c4c(cccc24)C(=O)N3C)n[nH]1. The minimum Gasteiger partial charge on any atom is -0.311 e. The molecule has 0 saturated heterocycles. The maximum absolute atomic E-state index is 13.2. The van der Waals surface area contributed by atoms with E-state index in [4.69, 9.17) is 0 Å². The Morgan fingerprint density at radius 3 is 2.66 bits per heavy atom. The third-order valence-corrected chi connectivity index (χ3v) is 7.37. The number of aromatic amines is 1. The van der Waals surface area contributed by atoms with E-state index in [1.807, 2.05) is 12.1 Å². The van der Waals surface area contributed by atoms with Crippen molar-refractivity contribution in [1.82, 2.24) is 10.2 Å². The van der Waals surface area contributed by atoms with Crippen LogP contribution < -0.4 is 9.62 Å². The monoisotopic (exact) mass is 446 g/mol. The Kier molecular flexibility index (Phi) is 4.74. The van der Waals surface area contributed by atoms with E-state index in [0.29, 0.717) is 22.0 Å². The highest BCUT2D eigenvalue weighted by Gasteiger charge is 2.30. The fourth-order valence-electron chi connectivity index (χ4n) is 4.24. The number of nitrogens with one attached hydrogen (secondary N) is 2. The van der Waals surface area contributed by atoms with Gasteiger partial charge in [-0.1, -0.05) is 36.4 Å². The van der Waals surface area contributed by atoms with Gasteiger partial charge in [0, 0.05) is 35.1 Å². The van der Waals surface area contributed by atoms with Crippen LogP contribution in [-0.4, -0.2) is 31.6 Å². The zero-order valence-corrected chi connectivity index (χ0v) is 18.5. The molecule has 1 aliphatic rings. The van der Waals surface area contributed by atoms with Crippen molar-refractivity contribution in [3.8, 4) is 0 Å². The number of aromatic nitrogens is 2. The number of carbonyl (C=O) groups excluding carboxylic acids is 1. The number of amides is 1. The summed E-state index contributed by atoms with van der Waals surface area (Å²) in [6, 6.07) is 18.3. The molecular formula is C24H22N4O3S. The maximum Gasteiger partial charge on any atom is 0.263 e. The third kappa shape index (κ3) is 3.33. The molecule has 8 heteroatoms. The summed E-state index contributed by atoms with van der Waals surface area (Å²) < 4.78 is 29.0. The Bertz CT molecular complexity index is 1470. The van der Waals surface area contributed by atoms with Gasteiger partial charge in [-0.3, -0.25) is 14.6 Å². The van der Waals surface area contributed by atoms with Crippen molar-refractivity contribution >= 4 is 38.2 Å². The fourth-order valence-corrected chi connectivity index (χ4v) is 5.43. The van der Waals surface area contributed by atoms with Gasteiger partial charge >= 0.3 is 0 Å². The number of hydrogen-bond donors (Lipinski definition) is 2. The fraction of sp³-hybridized carbons (Fsp3) is 0.167. The lowest BCUT2D eigenvalue weighted by Gasteiger charge is -2.12. The molecule has 5 rings (SSSR count). The van der Waals surface area contributed by atoms with E-state index >= 15 is 0 Å². The zero-order chi connectivity index (χ0) is 22.5. The number of hydrogen-bond acceptors (Lipinski definition) is 4. The molecular weight excluding hydrogens is 424 g/mol. The molecule has 4 aromatic rings. The maximum atomic E-state index is 13.2. The molecule has 0 spiro atoms. The van der Waals surface area contributed by atoms with Gasteiger partial charge in [-0.15, -0.1) is 0 Å². The molecule has 0 unspecified atom stereocenters. The Balaban J connectivity index is 1.41. The van der Waals surface area contributed by atoms with Crippen molar-refractivity contribution in [2.24, 2.45) is 0 Å². The normalized spacial score (nSPS) is 13.2. The van der Waals surface area contributed by atoms with Gasteiger partial charge < -0.3 is 4.90 Å². The average Bonchev–Trinajstić information content (AvgIpc) is 3.32. The van der Waals surface area contributed by atoms with E-state index in [9.17, 15) is 13.2 Å². The molecule has 7 nitrogen and oxygen atoms in total. The molecule has 0 fully saturated rings. The zero-order valence-electron chi connectivity index (χ0n) is 17.7.